The topological polar surface area (TPSA) is 75.7 Å². The number of nitriles is 1. The van der Waals surface area contributed by atoms with Gasteiger partial charge in [-0.05, 0) is 51.6 Å². The summed E-state index contributed by atoms with van der Waals surface area (Å²) in [4.78, 5) is 9.75. The lowest BCUT2D eigenvalue weighted by Gasteiger charge is -2.53. The van der Waals surface area contributed by atoms with Gasteiger partial charge in [-0.3, -0.25) is 9.67 Å². The molecule has 0 aliphatic carbocycles. The van der Waals surface area contributed by atoms with Crippen molar-refractivity contribution in [2.24, 2.45) is 4.99 Å². The van der Waals surface area contributed by atoms with Crippen molar-refractivity contribution in [3.8, 4) is 6.07 Å². The molecule has 290 valence electrons. The molecule has 0 atom stereocenters. The summed E-state index contributed by atoms with van der Waals surface area (Å²) in [5.74, 6) is 0.995. The lowest BCUT2D eigenvalue weighted by atomic mass is 9.83. The number of piperazine rings is 1. The van der Waals surface area contributed by atoms with E-state index in [1.165, 1.54) is 0 Å². The number of aromatic nitrogens is 2. The lowest BCUT2D eigenvalue weighted by Crippen LogP contribution is -2.68. The fourth-order valence-electron chi connectivity index (χ4n) is 6.08. The van der Waals surface area contributed by atoms with E-state index < -0.39 is 17.5 Å². The van der Waals surface area contributed by atoms with Gasteiger partial charge in [0, 0.05) is 64.3 Å². The second-order valence-corrected chi connectivity index (χ2v) is 12.4. The average molecular weight is 719 g/mol. The number of aryl methyl sites for hydroxylation is 1. The Bertz CT molecular complexity index is 1280. The number of rotatable bonds is 15. The molecule has 2 fully saturated rings. The molecule has 0 bridgehead atoms. The van der Waals surface area contributed by atoms with Crippen molar-refractivity contribution in [3.05, 3.63) is 60.1 Å². The van der Waals surface area contributed by atoms with E-state index in [9.17, 15) is 18.4 Å². The van der Waals surface area contributed by atoms with E-state index in [4.69, 9.17) is 5.10 Å². The Morgan fingerprint density at radius 1 is 1.06 bits per heavy atom. The summed E-state index contributed by atoms with van der Waals surface area (Å²) in [5.41, 5.74) is 0.801. The van der Waals surface area contributed by atoms with Gasteiger partial charge in [-0.1, -0.05) is 93.5 Å². The maximum atomic E-state index is 13.9. The predicted octanol–water partition coefficient (Wildman–Crippen LogP) is 9.64. The molecule has 0 amide bonds. The fourth-order valence-corrected chi connectivity index (χ4v) is 6.08. The van der Waals surface area contributed by atoms with E-state index in [0.717, 1.165) is 82.2 Å². The van der Waals surface area contributed by atoms with Crippen LogP contribution in [0.15, 0.2) is 59.5 Å². The number of hydrogen-bond donors (Lipinski definition) is 1. The molecule has 11 heteroatoms. The Morgan fingerprint density at radius 3 is 2.06 bits per heavy atom. The Labute approximate surface area is 308 Å². The number of aliphatic imine (C=N–C) groups is 1. The molecule has 3 rings (SSSR count). The molecular formula is C40H69F3N8. The number of likely N-dealkylation sites (tertiary alicyclic amines) is 1. The van der Waals surface area contributed by atoms with E-state index in [-0.39, 0.29) is 11.2 Å². The summed E-state index contributed by atoms with van der Waals surface area (Å²) >= 11 is 0. The standard InChI is InChI=1S/C30H47F3N8.C6H10.2C2H6/c1-7-12-29(36-13-8-2)21-40(22-29)26(25(19-34)27(35-6)30(31,32)33)11-14-38-15-17-39(18-16-38)28-23(5)20-41(37-28)24(9-3)10-4;1-4-6(3)5-2;2*1-2/h11,14,20,24,36H,7-10,12-13,15-18,21-22H2,1-6H3;4H,1,3,5H2,2H3;2*1-2H3/b14-11+,26-25+,35-27?;;;. The van der Waals surface area contributed by atoms with Gasteiger partial charge in [0.05, 0.1) is 17.3 Å². The van der Waals surface area contributed by atoms with Crippen LogP contribution in [0.3, 0.4) is 0 Å². The summed E-state index contributed by atoms with van der Waals surface area (Å²) < 4.78 is 43.7. The van der Waals surface area contributed by atoms with E-state index in [1.807, 2.05) is 44.9 Å². The number of alkyl halides is 3. The molecule has 0 unspecified atom stereocenters. The molecule has 0 aromatic carbocycles. The normalized spacial score (nSPS) is 16.1. The summed E-state index contributed by atoms with van der Waals surface area (Å²) in [6.45, 7) is 32.8. The van der Waals surface area contributed by atoms with E-state index in [1.54, 1.807) is 12.2 Å². The molecule has 8 nitrogen and oxygen atoms in total. The van der Waals surface area contributed by atoms with Crippen LogP contribution >= 0.6 is 0 Å². The van der Waals surface area contributed by atoms with Gasteiger partial charge in [0.2, 0.25) is 0 Å². The van der Waals surface area contributed by atoms with Gasteiger partial charge in [0.25, 0.3) is 0 Å². The van der Waals surface area contributed by atoms with Crippen molar-refractivity contribution < 1.29 is 13.2 Å². The SMILES string of the molecule is C=CC(=C)CC.CC.CC.CCCNC1(CCC)CN(C(/C=C/N2CCN(c3nn(C(CC)CC)cc3C)CC2)=C(\C#N)C(=NC)C(F)(F)F)C1. The highest BCUT2D eigenvalue weighted by molar-refractivity contribution is 6.08. The van der Waals surface area contributed by atoms with Gasteiger partial charge < -0.3 is 20.0 Å². The van der Waals surface area contributed by atoms with E-state index in [2.05, 4.69) is 85.7 Å². The Hall–Kier alpha value is -3.52. The minimum atomic E-state index is -4.72. The van der Waals surface area contributed by atoms with E-state index >= 15 is 0 Å². The van der Waals surface area contributed by atoms with Gasteiger partial charge in [0.15, 0.2) is 11.5 Å². The second-order valence-electron chi connectivity index (χ2n) is 12.4. The van der Waals surface area contributed by atoms with Crippen LogP contribution in [0.5, 0.6) is 0 Å². The third kappa shape index (κ3) is 14.2. The smallest absolute Gasteiger partial charge is 0.374 e. The Morgan fingerprint density at radius 2 is 1.65 bits per heavy atom. The van der Waals surface area contributed by atoms with Crippen molar-refractivity contribution in [2.75, 3.05) is 57.8 Å². The zero-order valence-electron chi connectivity index (χ0n) is 33.8. The minimum Gasteiger partial charge on any atom is -0.374 e. The van der Waals surface area contributed by atoms with E-state index in [0.29, 0.717) is 32.2 Å². The fraction of sp³-hybridized carbons (Fsp3) is 0.675. The maximum absolute atomic E-state index is 13.9. The van der Waals surface area contributed by atoms with Crippen molar-refractivity contribution in [2.45, 2.75) is 126 Å². The predicted molar refractivity (Wildman–Crippen MR) is 211 cm³/mol. The van der Waals surface area contributed by atoms with Crippen LogP contribution in [0, 0.1) is 18.3 Å². The highest BCUT2D eigenvalue weighted by Gasteiger charge is 2.45. The molecule has 51 heavy (non-hydrogen) atoms. The molecule has 1 aromatic rings. The summed E-state index contributed by atoms with van der Waals surface area (Å²) in [6, 6.07) is 2.22. The highest BCUT2D eigenvalue weighted by atomic mass is 19.4. The first-order valence-electron chi connectivity index (χ1n) is 19.1. The number of nitrogens with one attached hydrogen (secondary N) is 1. The zero-order valence-corrected chi connectivity index (χ0v) is 33.8. The number of halogens is 3. The van der Waals surface area contributed by atoms with Crippen LogP contribution in [-0.2, 0) is 0 Å². The van der Waals surface area contributed by atoms with Crippen LogP contribution in [0.4, 0.5) is 19.0 Å². The van der Waals surface area contributed by atoms with Gasteiger partial charge in [-0.2, -0.15) is 23.5 Å². The molecule has 0 radical (unpaired) electrons. The number of allylic oxidation sites excluding steroid dienone is 4. The van der Waals surface area contributed by atoms with Crippen LogP contribution < -0.4 is 10.2 Å². The van der Waals surface area contributed by atoms with Gasteiger partial charge >= 0.3 is 6.18 Å². The quantitative estimate of drug-likeness (QED) is 0.111. The van der Waals surface area contributed by atoms with Crippen LogP contribution in [0.1, 0.15) is 112 Å². The molecular weight excluding hydrogens is 649 g/mol. The van der Waals surface area contributed by atoms with Crippen molar-refractivity contribution >= 4 is 11.5 Å². The monoisotopic (exact) mass is 719 g/mol. The van der Waals surface area contributed by atoms with Crippen LogP contribution in [0.25, 0.3) is 0 Å². The Kier molecular flexibility index (Phi) is 22.9. The van der Waals surface area contributed by atoms with Crippen LogP contribution in [0.2, 0.25) is 0 Å². The molecule has 2 aliphatic heterocycles. The molecule has 0 spiro atoms. The maximum Gasteiger partial charge on any atom is 0.434 e. The van der Waals surface area contributed by atoms with Crippen molar-refractivity contribution in [1.82, 2.24) is 24.9 Å². The number of hydrogen-bond acceptors (Lipinski definition) is 7. The third-order valence-electron chi connectivity index (χ3n) is 8.91. The average Bonchev–Trinajstić information content (AvgIpc) is 3.51. The van der Waals surface area contributed by atoms with Crippen molar-refractivity contribution in [3.63, 3.8) is 0 Å². The highest BCUT2D eigenvalue weighted by Crippen LogP contribution is 2.34. The zero-order chi connectivity index (χ0) is 39.2. The molecule has 3 heterocycles. The largest absolute Gasteiger partial charge is 0.434 e. The lowest BCUT2D eigenvalue weighted by molar-refractivity contribution is -0.0582. The first kappa shape index (κ1) is 47.5. The van der Waals surface area contributed by atoms with Gasteiger partial charge in [-0.15, -0.1) is 0 Å². The molecule has 2 aliphatic rings. The first-order valence-corrected chi connectivity index (χ1v) is 19.1. The molecule has 0 saturated carbocycles. The van der Waals surface area contributed by atoms with Crippen LogP contribution in [-0.4, -0.2) is 89.9 Å². The number of nitrogens with zero attached hydrogens (tertiary/aromatic N) is 7. The summed E-state index contributed by atoms with van der Waals surface area (Å²) in [5, 5.41) is 18.4. The second kappa shape index (κ2) is 24.6. The van der Waals surface area contributed by atoms with Gasteiger partial charge in [0.1, 0.15) is 11.6 Å². The third-order valence-corrected chi connectivity index (χ3v) is 8.91. The molecule has 2 saturated heterocycles. The number of anilines is 1. The Balaban J connectivity index is 0.00000223. The summed E-state index contributed by atoms with van der Waals surface area (Å²) in [6.07, 6.45) is 8.63. The van der Waals surface area contributed by atoms with Gasteiger partial charge in [-0.25, -0.2) is 0 Å². The van der Waals surface area contributed by atoms with Crippen molar-refractivity contribution in [1.29, 1.82) is 5.26 Å². The summed E-state index contributed by atoms with van der Waals surface area (Å²) in [7, 11) is 1.09. The minimum absolute atomic E-state index is 0.159. The molecule has 1 aromatic heterocycles. The first-order chi connectivity index (χ1) is 24.4. The molecule has 1 N–H and O–H groups in total.